The Balaban J connectivity index is 1.95. The molecule has 0 unspecified atom stereocenters. The van der Waals surface area contributed by atoms with Crippen LogP contribution in [0.2, 0.25) is 10.0 Å². The minimum Gasteiger partial charge on any atom is -0.331 e. The minimum atomic E-state index is 0.398. The van der Waals surface area contributed by atoms with E-state index in [1.54, 1.807) is 18.3 Å². The minimum absolute atomic E-state index is 0.398. The van der Waals surface area contributed by atoms with Gasteiger partial charge in [0, 0.05) is 11.3 Å². The van der Waals surface area contributed by atoms with Crippen molar-refractivity contribution in [3.05, 3.63) is 63.6 Å². The number of benzene rings is 2. The zero-order valence-corrected chi connectivity index (χ0v) is 13.6. The zero-order chi connectivity index (χ0) is 15.2. The van der Waals surface area contributed by atoms with Gasteiger partial charge in [-0.1, -0.05) is 47.5 Å². The Labute approximate surface area is 139 Å². The third kappa shape index (κ3) is 4.70. The first kappa shape index (κ1) is 15.8. The highest BCUT2D eigenvalue weighted by molar-refractivity contribution is 7.80. The van der Waals surface area contributed by atoms with E-state index in [0.717, 1.165) is 16.8 Å². The number of hydrogen-bond acceptors (Lipinski definition) is 2. The summed E-state index contributed by atoms with van der Waals surface area (Å²) in [7, 11) is 0. The third-order valence-corrected chi connectivity index (χ3v) is 3.65. The highest BCUT2D eigenvalue weighted by Crippen LogP contribution is 2.24. The maximum Gasteiger partial charge on any atom is 0.191 e. The fourth-order valence-corrected chi connectivity index (χ4v) is 2.19. The summed E-state index contributed by atoms with van der Waals surface area (Å²) in [6.07, 6.45) is 1.57. The Kier molecular flexibility index (Phi) is 5.56. The number of thiocarbonyl (C=S) groups is 1. The van der Waals surface area contributed by atoms with Crippen molar-refractivity contribution >= 4 is 52.4 Å². The van der Waals surface area contributed by atoms with E-state index in [1.165, 1.54) is 0 Å². The fraction of sp³-hybridized carbons (Fsp3) is 0.0667. The van der Waals surface area contributed by atoms with Gasteiger partial charge in [-0.2, -0.15) is 5.10 Å². The van der Waals surface area contributed by atoms with Crippen molar-refractivity contribution in [2.75, 3.05) is 5.32 Å². The zero-order valence-electron chi connectivity index (χ0n) is 11.2. The molecule has 0 aromatic heterocycles. The van der Waals surface area contributed by atoms with Crippen LogP contribution in [0.15, 0.2) is 47.6 Å². The van der Waals surface area contributed by atoms with Gasteiger partial charge in [-0.25, -0.2) is 0 Å². The topological polar surface area (TPSA) is 36.4 Å². The summed E-state index contributed by atoms with van der Waals surface area (Å²) >= 11 is 17.1. The molecule has 3 nitrogen and oxygen atoms in total. The van der Waals surface area contributed by atoms with Crippen LogP contribution < -0.4 is 10.7 Å². The molecule has 2 N–H and O–H groups in total. The summed E-state index contributed by atoms with van der Waals surface area (Å²) < 4.78 is 0. The molecule has 0 aliphatic carbocycles. The highest BCUT2D eigenvalue weighted by Gasteiger charge is 2.01. The second-order valence-electron chi connectivity index (χ2n) is 4.34. The van der Waals surface area contributed by atoms with Crippen LogP contribution in [-0.2, 0) is 0 Å². The molecule has 0 heterocycles. The van der Waals surface area contributed by atoms with Gasteiger partial charge >= 0.3 is 0 Å². The predicted molar refractivity (Wildman–Crippen MR) is 94.6 cm³/mol. The SMILES string of the molecule is Cc1cccc(NC(=S)NN=Cc2cccc(Cl)c2Cl)c1. The van der Waals surface area contributed by atoms with Crippen LogP contribution in [0.5, 0.6) is 0 Å². The van der Waals surface area contributed by atoms with E-state index >= 15 is 0 Å². The molecule has 0 aliphatic rings. The molecule has 108 valence electrons. The van der Waals surface area contributed by atoms with Crippen LogP contribution >= 0.6 is 35.4 Å². The van der Waals surface area contributed by atoms with E-state index < -0.39 is 0 Å². The molecule has 0 saturated carbocycles. The first-order valence-corrected chi connectivity index (χ1v) is 7.33. The van der Waals surface area contributed by atoms with Crippen molar-refractivity contribution in [1.82, 2.24) is 5.43 Å². The largest absolute Gasteiger partial charge is 0.331 e. The Bertz CT molecular complexity index is 686. The standard InChI is InChI=1S/C15H13Cl2N3S/c1-10-4-2-6-12(8-10)19-15(21)20-18-9-11-5-3-7-13(16)14(11)17/h2-9H,1H3,(H2,19,20,21). The van der Waals surface area contributed by atoms with Crippen molar-refractivity contribution in [3.8, 4) is 0 Å². The van der Waals surface area contributed by atoms with E-state index in [-0.39, 0.29) is 0 Å². The van der Waals surface area contributed by atoms with E-state index in [0.29, 0.717) is 15.2 Å². The van der Waals surface area contributed by atoms with Gasteiger partial charge in [0.15, 0.2) is 5.11 Å². The molecular weight excluding hydrogens is 325 g/mol. The summed E-state index contributed by atoms with van der Waals surface area (Å²) in [5.41, 5.74) is 5.51. The number of nitrogens with zero attached hydrogens (tertiary/aromatic N) is 1. The van der Waals surface area contributed by atoms with E-state index in [1.807, 2.05) is 37.3 Å². The van der Waals surface area contributed by atoms with Gasteiger partial charge in [0.2, 0.25) is 0 Å². The number of anilines is 1. The second kappa shape index (κ2) is 7.41. The van der Waals surface area contributed by atoms with E-state index in [9.17, 15) is 0 Å². The summed E-state index contributed by atoms with van der Waals surface area (Å²) in [4.78, 5) is 0. The first-order valence-electron chi connectivity index (χ1n) is 6.17. The fourth-order valence-electron chi connectivity index (χ4n) is 1.66. The van der Waals surface area contributed by atoms with Gasteiger partial charge in [-0.05, 0) is 42.9 Å². The monoisotopic (exact) mass is 337 g/mol. The number of halogens is 2. The lowest BCUT2D eigenvalue weighted by Gasteiger charge is -2.07. The molecule has 6 heteroatoms. The molecule has 2 aromatic carbocycles. The third-order valence-electron chi connectivity index (χ3n) is 2.63. The highest BCUT2D eigenvalue weighted by atomic mass is 35.5. The van der Waals surface area contributed by atoms with Crippen molar-refractivity contribution < 1.29 is 0 Å². The summed E-state index contributed by atoms with van der Waals surface area (Å²) in [6.45, 7) is 2.01. The molecule has 0 fully saturated rings. The number of nitrogens with one attached hydrogen (secondary N) is 2. The number of hydrogen-bond donors (Lipinski definition) is 2. The Morgan fingerprint density at radius 3 is 2.71 bits per heavy atom. The molecule has 0 bridgehead atoms. The van der Waals surface area contributed by atoms with Crippen LogP contribution in [0, 0.1) is 6.92 Å². The molecular formula is C15H13Cl2N3S. The Morgan fingerprint density at radius 2 is 1.95 bits per heavy atom. The van der Waals surface area contributed by atoms with Crippen LogP contribution in [0.25, 0.3) is 0 Å². The van der Waals surface area contributed by atoms with E-state index in [2.05, 4.69) is 15.8 Å². The molecule has 0 spiro atoms. The second-order valence-corrected chi connectivity index (χ2v) is 5.53. The van der Waals surface area contributed by atoms with Crippen LogP contribution in [0.3, 0.4) is 0 Å². The predicted octanol–water partition coefficient (Wildman–Crippen LogP) is 4.62. The Morgan fingerprint density at radius 1 is 1.19 bits per heavy atom. The molecule has 0 amide bonds. The summed E-state index contributed by atoms with van der Waals surface area (Å²) in [5, 5.41) is 8.43. The lowest BCUT2D eigenvalue weighted by Crippen LogP contribution is -2.23. The molecule has 0 aliphatic heterocycles. The Hall–Kier alpha value is -1.62. The molecule has 0 atom stereocenters. The number of aryl methyl sites for hydroxylation is 1. The van der Waals surface area contributed by atoms with Gasteiger partial charge < -0.3 is 5.32 Å². The normalized spacial score (nSPS) is 10.6. The molecule has 2 rings (SSSR count). The summed E-state index contributed by atoms with van der Waals surface area (Å²) in [6, 6.07) is 13.2. The van der Waals surface area contributed by atoms with Crippen LogP contribution in [0.1, 0.15) is 11.1 Å². The van der Waals surface area contributed by atoms with E-state index in [4.69, 9.17) is 35.4 Å². The number of rotatable bonds is 3. The van der Waals surface area contributed by atoms with Gasteiger partial charge in [0.1, 0.15) is 0 Å². The van der Waals surface area contributed by atoms with Gasteiger partial charge in [0.05, 0.1) is 16.3 Å². The molecule has 21 heavy (non-hydrogen) atoms. The smallest absolute Gasteiger partial charge is 0.191 e. The average Bonchev–Trinajstić information content (AvgIpc) is 2.43. The number of hydrazone groups is 1. The molecule has 0 radical (unpaired) electrons. The molecule has 0 saturated heterocycles. The summed E-state index contributed by atoms with van der Waals surface area (Å²) in [5.74, 6) is 0. The maximum atomic E-state index is 6.06. The lowest BCUT2D eigenvalue weighted by molar-refractivity contribution is 1.05. The molecule has 2 aromatic rings. The lowest BCUT2D eigenvalue weighted by atomic mass is 10.2. The van der Waals surface area contributed by atoms with Gasteiger partial charge in [-0.3, -0.25) is 5.43 Å². The van der Waals surface area contributed by atoms with Gasteiger partial charge in [0.25, 0.3) is 0 Å². The van der Waals surface area contributed by atoms with Crippen LogP contribution in [0.4, 0.5) is 5.69 Å². The van der Waals surface area contributed by atoms with Crippen molar-refractivity contribution in [2.45, 2.75) is 6.92 Å². The average molecular weight is 338 g/mol. The first-order chi connectivity index (χ1) is 10.1. The van der Waals surface area contributed by atoms with Crippen molar-refractivity contribution in [3.63, 3.8) is 0 Å². The van der Waals surface area contributed by atoms with Gasteiger partial charge in [-0.15, -0.1) is 0 Å². The van der Waals surface area contributed by atoms with Crippen molar-refractivity contribution in [1.29, 1.82) is 0 Å². The maximum absolute atomic E-state index is 6.06. The van der Waals surface area contributed by atoms with Crippen LogP contribution in [-0.4, -0.2) is 11.3 Å². The van der Waals surface area contributed by atoms with Crippen molar-refractivity contribution in [2.24, 2.45) is 5.10 Å². The quantitative estimate of drug-likeness (QED) is 0.487.